The normalized spacial score (nSPS) is 29.3. The van der Waals surface area contributed by atoms with E-state index in [9.17, 15) is 14.7 Å². The van der Waals surface area contributed by atoms with Crippen molar-refractivity contribution < 1.29 is 24.2 Å². The third-order valence-electron chi connectivity index (χ3n) is 4.47. The van der Waals surface area contributed by atoms with Crippen molar-refractivity contribution in [1.29, 1.82) is 0 Å². The molecular formula is C16H18NO5-. The molecule has 2 heterocycles. The van der Waals surface area contributed by atoms with E-state index in [1.54, 1.807) is 7.11 Å². The van der Waals surface area contributed by atoms with Gasteiger partial charge >= 0.3 is 0 Å². The van der Waals surface area contributed by atoms with Crippen LogP contribution in [-0.4, -0.2) is 31.2 Å². The number of carbonyl (C=O) groups excluding carboxylic acids is 2. The number of benzene rings is 1. The second kappa shape index (κ2) is 5.96. The van der Waals surface area contributed by atoms with E-state index in [0.717, 1.165) is 17.7 Å². The van der Waals surface area contributed by atoms with Crippen LogP contribution in [0.2, 0.25) is 0 Å². The minimum atomic E-state index is -1.20. The first-order chi connectivity index (χ1) is 10.6. The number of rotatable bonds is 5. The standard InChI is InChI=1S/C16H19NO5/c1-21-10-4-2-9(3-5-10)8-17-15(18)13-11-6-7-12(22-11)14(13)16(19)20/h2-5,11-14H,6-8H2,1H3,(H,17,18)(H,19,20)/p-1. The fourth-order valence-electron chi connectivity index (χ4n) is 3.36. The number of carbonyl (C=O) groups is 2. The molecule has 4 atom stereocenters. The number of hydrogen-bond acceptors (Lipinski definition) is 5. The van der Waals surface area contributed by atoms with E-state index in [4.69, 9.17) is 9.47 Å². The van der Waals surface area contributed by atoms with Gasteiger partial charge < -0.3 is 24.7 Å². The SMILES string of the molecule is COc1ccc(CNC(=O)C2C3CCC(O3)C2C(=O)[O-])cc1. The molecule has 2 saturated heterocycles. The number of nitrogens with one attached hydrogen (secondary N) is 1. The Morgan fingerprint density at radius 1 is 1.23 bits per heavy atom. The highest BCUT2D eigenvalue weighted by Gasteiger charge is 2.52. The lowest BCUT2D eigenvalue weighted by molar-refractivity contribution is -0.314. The molecule has 6 nitrogen and oxygen atoms in total. The van der Waals surface area contributed by atoms with Gasteiger partial charge in [0, 0.05) is 18.4 Å². The van der Waals surface area contributed by atoms with Crippen molar-refractivity contribution in [2.24, 2.45) is 11.8 Å². The summed E-state index contributed by atoms with van der Waals surface area (Å²) in [7, 11) is 1.59. The van der Waals surface area contributed by atoms with E-state index >= 15 is 0 Å². The molecule has 118 valence electrons. The van der Waals surface area contributed by atoms with Crippen molar-refractivity contribution in [3.05, 3.63) is 29.8 Å². The summed E-state index contributed by atoms with van der Waals surface area (Å²) < 4.78 is 10.6. The summed E-state index contributed by atoms with van der Waals surface area (Å²) >= 11 is 0. The van der Waals surface area contributed by atoms with E-state index < -0.39 is 17.8 Å². The van der Waals surface area contributed by atoms with Gasteiger partial charge in [-0.3, -0.25) is 4.79 Å². The van der Waals surface area contributed by atoms with Gasteiger partial charge in [-0.25, -0.2) is 0 Å². The Hall–Kier alpha value is -2.08. The lowest BCUT2D eigenvalue weighted by atomic mass is 9.78. The van der Waals surface area contributed by atoms with E-state index in [0.29, 0.717) is 13.0 Å². The summed E-state index contributed by atoms with van der Waals surface area (Å²) in [4.78, 5) is 23.6. The van der Waals surface area contributed by atoms with Crippen molar-refractivity contribution in [1.82, 2.24) is 5.32 Å². The maximum absolute atomic E-state index is 12.3. The number of aliphatic carboxylic acids is 1. The minimum absolute atomic E-state index is 0.280. The highest BCUT2D eigenvalue weighted by molar-refractivity contribution is 5.86. The van der Waals surface area contributed by atoms with Crippen LogP contribution in [0.1, 0.15) is 18.4 Å². The third-order valence-corrected chi connectivity index (χ3v) is 4.47. The summed E-state index contributed by atoms with van der Waals surface area (Å²) in [5, 5.41) is 14.1. The largest absolute Gasteiger partial charge is 0.550 e. The molecule has 3 rings (SSSR count). The Morgan fingerprint density at radius 2 is 1.86 bits per heavy atom. The van der Waals surface area contributed by atoms with Crippen LogP contribution in [0.25, 0.3) is 0 Å². The predicted molar refractivity (Wildman–Crippen MR) is 74.7 cm³/mol. The number of carboxylic acid groups (broad SMARTS) is 1. The van der Waals surface area contributed by atoms with E-state index in [1.165, 1.54) is 0 Å². The summed E-state index contributed by atoms with van der Waals surface area (Å²) in [5.41, 5.74) is 0.920. The third kappa shape index (κ3) is 2.66. The number of fused-ring (bicyclic) bond motifs is 2. The predicted octanol–water partition coefficient (Wildman–Crippen LogP) is -0.145. The van der Waals surface area contributed by atoms with Gasteiger partial charge in [0.1, 0.15) is 5.75 Å². The van der Waals surface area contributed by atoms with Gasteiger partial charge in [-0.15, -0.1) is 0 Å². The van der Waals surface area contributed by atoms with Crippen molar-refractivity contribution in [3.8, 4) is 5.75 Å². The molecule has 1 amide bonds. The molecule has 1 aromatic rings. The zero-order valence-corrected chi connectivity index (χ0v) is 12.3. The Morgan fingerprint density at radius 3 is 2.45 bits per heavy atom. The molecule has 0 aromatic heterocycles. The van der Waals surface area contributed by atoms with Crippen molar-refractivity contribution in [2.45, 2.75) is 31.6 Å². The highest BCUT2D eigenvalue weighted by atomic mass is 16.5. The van der Waals surface area contributed by atoms with Crippen LogP contribution in [-0.2, 0) is 20.9 Å². The van der Waals surface area contributed by atoms with Crippen molar-refractivity contribution in [2.75, 3.05) is 7.11 Å². The second-order valence-corrected chi connectivity index (χ2v) is 5.73. The Bertz CT molecular complexity index is 570. The molecule has 0 saturated carbocycles. The second-order valence-electron chi connectivity index (χ2n) is 5.73. The van der Waals surface area contributed by atoms with Crippen LogP contribution in [0.4, 0.5) is 0 Å². The summed E-state index contributed by atoms with van der Waals surface area (Å²) in [5.74, 6) is -2.22. The van der Waals surface area contributed by atoms with Crippen LogP contribution >= 0.6 is 0 Å². The molecule has 0 aliphatic carbocycles. The molecule has 2 aliphatic rings. The molecule has 1 N–H and O–H groups in total. The van der Waals surface area contributed by atoms with Gasteiger partial charge in [-0.2, -0.15) is 0 Å². The average Bonchev–Trinajstić information content (AvgIpc) is 3.14. The average molecular weight is 304 g/mol. The lowest BCUT2D eigenvalue weighted by Crippen LogP contribution is -2.48. The molecular weight excluding hydrogens is 286 g/mol. The van der Waals surface area contributed by atoms with E-state index in [1.807, 2.05) is 24.3 Å². The Kier molecular flexibility index (Phi) is 4.02. The van der Waals surface area contributed by atoms with Crippen molar-refractivity contribution >= 4 is 11.9 Å². The number of ether oxygens (including phenoxy) is 2. The van der Waals surface area contributed by atoms with Crippen LogP contribution in [0.5, 0.6) is 5.75 Å². The number of methoxy groups -OCH3 is 1. The quantitative estimate of drug-likeness (QED) is 0.818. The topological polar surface area (TPSA) is 87.7 Å². The van der Waals surface area contributed by atoms with Crippen LogP contribution in [0.3, 0.4) is 0 Å². The molecule has 1 aromatic carbocycles. The maximum Gasteiger partial charge on any atom is 0.226 e. The summed E-state index contributed by atoms with van der Waals surface area (Å²) in [6.45, 7) is 0.344. The monoisotopic (exact) mass is 304 g/mol. The lowest BCUT2D eigenvalue weighted by Gasteiger charge is -2.27. The van der Waals surface area contributed by atoms with Gasteiger partial charge in [0.15, 0.2) is 0 Å². The molecule has 2 aliphatic heterocycles. The summed E-state index contributed by atoms with van der Waals surface area (Å²) in [6.07, 6.45) is 0.733. The molecule has 6 heteroatoms. The molecule has 2 fully saturated rings. The smallest absolute Gasteiger partial charge is 0.226 e. The number of carboxylic acids is 1. The first-order valence-electron chi connectivity index (χ1n) is 7.37. The minimum Gasteiger partial charge on any atom is -0.550 e. The molecule has 0 spiro atoms. The van der Waals surface area contributed by atoms with E-state index in [-0.39, 0.29) is 18.1 Å². The summed E-state index contributed by atoms with van der Waals surface area (Å²) in [6, 6.07) is 7.33. The van der Waals surface area contributed by atoms with Crippen molar-refractivity contribution in [3.63, 3.8) is 0 Å². The Labute approximate surface area is 128 Å². The zero-order valence-electron chi connectivity index (χ0n) is 12.3. The maximum atomic E-state index is 12.3. The number of amides is 1. The molecule has 4 unspecified atom stereocenters. The Balaban J connectivity index is 1.62. The van der Waals surface area contributed by atoms with Gasteiger partial charge in [0.25, 0.3) is 0 Å². The molecule has 0 radical (unpaired) electrons. The zero-order chi connectivity index (χ0) is 15.7. The first-order valence-corrected chi connectivity index (χ1v) is 7.37. The van der Waals surface area contributed by atoms with Crippen LogP contribution < -0.4 is 15.2 Å². The first kappa shape index (κ1) is 14.8. The number of hydrogen-bond donors (Lipinski definition) is 1. The molecule has 2 bridgehead atoms. The van der Waals surface area contributed by atoms with E-state index in [2.05, 4.69) is 5.32 Å². The highest BCUT2D eigenvalue weighted by Crippen LogP contribution is 2.43. The van der Waals surface area contributed by atoms with Gasteiger partial charge in [0.05, 0.1) is 25.2 Å². The van der Waals surface area contributed by atoms with Gasteiger partial charge in [0.2, 0.25) is 5.91 Å². The molecule has 22 heavy (non-hydrogen) atoms. The van der Waals surface area contributed by atoms with Gasteiger partial charge in [-0.05, 0) is 30.5 Å². The fraction of sp³-hybridized carbons (Fsp3) is 0.500. The fourth-order valence-corrected chi connectivity index (χ4v) is 3.36. The van der Waals surface area contributed by atoms with Crippen LogP contribution in [0.15, 0.2) is 24.3 Å². The van der Waals surface area contributed by atoms with Crippen LogP contribution in [0, 0.1) is 11.8 Å². The van der Waals surface area contributed by atoms with Gasteiger partial charge in [-0.1, -0.05) is 12.1 Å².